The normalized spacial score (nSPS) is 12.3. The molecule has 0 aliphatic carbocycles. The molecule has 0 saturated heterocycles. The van der Waals surface area contributed by atoms with Crippen molar-refractivity contribution in [2.75, 3.05) is 0 Å². The monoisotopic (exact) mass is 456 g/mol. The Morgan fingerprint density at radius 1 is 0.600 bits per heavy atom. The molecular formula is C33H32N2. The molecular weight excluding hydrogens is 424 g/mol. The Morgan fingerprint density at radius 2 is 1.14 bits per heavy atom. The predicted molar refractivity (Wildman–Crippen MR) is 148 cm³/mol. The van der Waals surface area contributed by atoms with E-state index in [-0.39, 0.29) is 10.8 Å². The van der Waals surface area contributed by atoms with Gasteiger partial charge in [-0.15, -0.1) is 0 Å². The lowest BCUT2D eigenvalue weighted by atomic mass is 9.85. The first-order valence-electron chi connectivity index (χ1n) is 12.3. The molecule has 174 valence electrons. The van der Waals surface area contributed by atoms with Gasteiger partial charge in [0.05, 0.1) is 22.3 Å². The molecule has 0 amide bonds. The lowest BCUT2D eigenvalue weighted by Crippen LogP contribution is -2.10. The van der Waals surface area contributed by atoms with Crippen molar-refractivity contribution in [2.24, 2.45) is 0 Å². The maximum Gasteiger partial charge on any atom is 0.101 e. The average molecular weight is 457 g/mol. The van der Waals surface area contributed by atoms with E-state index in [0.29, 0.717) is 5.56 Å². The third kappa shape index (κ3) is 4.02. The van der Waals surface area contributed by atoms with Crippen LogP contribution < -0.4 is 0 Å². The van der Waals surface area contributed by atoms with Crippen LogP contribution in [0.3, 0.4) is 0 Å². The zero-order valence-corrected chi connectivity index (χ0v) is 21.5. The van der Waals surface area contributed by atoms with Gasteiger partial charge >= 0.3 is 0 Å². The van der Waals surface area contributed by atoms with Gasteiger partial charge in [0.25, 0.3) is 0 Å². The van der Waals surface area contributed by atoms with Crippen molar-refractivity contribution in [1.82, 2.24) is 4.57 Å². The van der Waals surface area contributed by atoms with Gasteiger partial charge in [-0.3, -0.25) is 0 Å². The predicted octanol–water partition coefficient (Wildman–Crippen LogP) is 8.92. The van der Waals surface area contributed by atoms with Crippen molar-refractivity contribution in [3.8, 4) is 22.9 Å². The third-order valence-electron chi connectivity index (χ3n) is 6.96. The van der Waals surface area contributed by atoms with Crippen LogP contribution in [0, 0.1) is 11.3 Å². The lowest BCUT2D eigenvalue weighted by molar-refractivity contribution is 0.590. The number of benzene rings is 4. The van der Waals surface area contributed by atoms with Gasteiger partial charge in [-0.05, 0) is 69.5 Å². The zero-order valence-electron chi connectivity index (χ0n) is 21.5. The largest absolute Gasteiger partial charge is 0.308 e. The van der Waals surface area contributed by atoms with Gasteiger partial charge in [0.2, 0.25) is 0 Å². The fourth-order valence-corrected chi connectivity index (χ4v) is 4.84. The Morgan fingerprint density at radius 3 is 1.63 bits per heavy atom. The number of aromatic nitrogens is 1. The van der Waals surface area contributed by atoms with Gasteiger partial charge in [0.1, 0.15) is 6.07 Å². The van der Waals surface area contributed by atoms with E-state index >= 15 is 0 Å². The molecule has 5 aromatic rings. The summed E-state index contributed by atoms with van der Waals surface area (Å²) in [5.74, 6) is 0. The summed E-state index contributed by atoms with van der Waals surface area (Å²) in [4.78, 5) is 0. The Balaban J connectivity index is 1.88. The SMILES string of the molecule is CC(C)(C)c1ccc2c(c1)c1cc(C(C)(C)C)ccc1n2-c1cc(-c2ccccc2)ccc1C#N. The van der Waals surface area contributed by atoms with Crippen molar-refractivity contribution in [3.63, 3.8) is 0 Å². The summed E-state index contributed by atoms with van der Waals surface area (Å²) in [5.41, 5.74) is 8.80. The van der Waals surface area contributed by atoms with Crippen LogP contribution in [0.2, 0.25) is 0 Å². The fourth-order valence-electron chi connectivity index (χ4n) is 4.84. The summed E-state index contributed by atoms with van der Waals surface area (Å²) < 4.78 is 2.27. The molecule has 0 aliphatic heterocycles. The molecule has 4 aromatic carbocycles. The molecule has 1 aromatic heterocycles. The Kier molecular flexibility index (Phi) is 5.33. The first-order valence-corrected chi connectivity index (χ1v) is 12.3. The van der Waals surface area contributed by atoms with Crippen molar-refractivity contribution >= 4 is 21.8 Å². The quantitative estimate of drug-likeness (QED) is 0.261. The van der Waals surface area contributed by atoms with Crippen LogP contribution >= 0.6 is 0 Å². The summed E-state index contributed by atoms with van der Waals surface area (Å²) in [6, 6.07) is 32.5. The molecule has 0 atom stereocenters. The number of hydrogen-bond acceptors (Lipinski definition) is 1. The summed E-state index contributed by atoms with van der Waals surface area (Å²) >= 11 is 0. The second-order valence-electron chi connectivity index (χ2n) is 11.5. The molecule has 0 aliphatic rings. The van der Waals surface area contributed by atoms with Crippen LogP contribution in [0.25, 0.3) is 38.6 Å². The van der Waals surface area contributed by atoms with E-state index < -0.39 is 0 Å². The molecule has 1 heterocycles. The molecule has 0 radical (unpaired) electrons. The van der Waals surface area contributed by atoms with Gasteiger partial charge in [-0.2, -0.15) is 5.26 Å². The highest BCUT2D eigenvalue weighted by molar-refractivity contribution is 6.10. The van der Waals surface area contributed by atoms with E-state index in [1.807, 2.05) is 18.2 Å². The molecule has 0 spiro atoms. The maximum absolute atomic E-state index is 10.1. The minimum atomic E-state index is 0.0509. The van der Waals surface area contributed by atoms with Crippen LogP contribution in [-0.4, -0.2) is 4.57 Å². The van der Waals surface area contributed by atoms with Crippen LogP contribution in [0.15, 0.2) is 84.9 Å². The third-order valence-corrected chi connectivity index (χ3v) is 6.96. The number of fused-ring (bicyclic) bond motifs is 3. The Labute approximate surface area is 208 Å². The van der Waals surface area contributed by atoms with E-state index in [4.69, 9.17) is 0 Å². The summed E-state index contributed by atoms with van der Waals surface area (Å²) in [6.45, 7) is 13.5. The van der Waals surface area contributed by atoms with Gasteiger partial charge in [-0.1, -0.05) is 90.1 Å². The van der Waals surface area contributed by atoms with Gasteiger partial charge in [0.15, 0.2) is 0 Å². The summed E-state index contributed by atoms with van der Waals surface area (Å²) in [6.07, 6.45) is 0. The fraction of sp³-hybridized carbons (Fsp3) is 0.242. The van der Waals surface area contributed by atoms with Crippen molar-refractivity contribution in [1.29, 1.82) is 5.26 Å². The van der Waals surface area contributed by atoms with Crippen molar-refractivity contribution < 1.29 is 0 Å². The van der Waals surface area contributed by atoms with Gasteiger partial charge in [0, 0.05) is 10.8 Å². The highest BCUT2D eigenvalue weighted by Crippen LogP contribution is 2.38. The second-order valence-corrected chi connectivity index (χ2v) is 11.5. The van der Waals surface area contributed by atoms with Crippen LogP contribution in [0.5, 0.6) is 0 Å². The number of nitriles is 1. The first kappa shape index (κ1) is 22.9. The van der Waals surface area contributed by atoms with E-state index in [2.05, 4.69) is 119 Å². The Bertz CT molecular complexity index is 1530. The standard InChI is InChI=1S/C33H32N2/c1-32(2,3)25-14-16-29-27(19-25)28-20-26(33(4,5)6)15-17-30(28)35(29)31-18-23(12-13-24(31)21-34)22-10-8-7-9-11-22/h7-20H,1-6H3. The maximum atomic E-state index is 10.1. The first-order chi connectivity index (χ1) is 16.6. The minimum absolute atomic E-state index is 0.0509. The number of nitrogens with zero attached hydrogens (tertiary/aromatic N) is 2. The molecule has 5 rings (SSSR count). The number of hydrogen-bond donors (Lipinski definition) is 0. The van der Waals surface area contributed by atoms with Crippen molar-refractivity contribution in [2.45, 2.75) is 52.4 Å². The van der Waals surface area contributed by atoms with Crippen molar-refractivity contribution in [3.05, 3.63) is 102 Å². The summed E-state index contributed by atoms with van der Waals surface area (Å²) in [7, 11) is 0. The highest BCUT2D eigenvalue weighted by Gasteiger charge is 2.21. The summed E-state index contributed by atoms with van der Waals surface area (Å²) in [5, 5.41) is 12.5. The molecule has 2 heteroatoms. The van der Waals surface area contributed by atoms with E-state index in [1.54, 1.807) is 0 Å². The molecule has 0 unspecified atom stereocenters. The lowest BCUT2D eigenvalue weighted by Gasteiger charge is -2.19. The van der Waals surface area contributed by atoms with Gasteiger partial charge < -0.3 is 4.57 Å². The molecule has 0 bridgehead atoms. The second kappa shape index (κ2) is 8.14. The zero-order chi connectivity index (χ0) is 25.0. The molecule has 0 N–H and O–H groups in total. The van der Waals surface area contributed by atoms with E-state index in [9.17, 15) is 5.26 Å². The Hall–Kier alpha value is -3.83. The molecule has 0 fully saturated rings. The molecule has 2 nitrogen and oxygen atoms in total. The average Bonchev–Trinajstić information content (AvgIpc) is 3.16. The molecule has 35 heavy (non-hydrogen) atoms. The van der Waals surface area contributed by atoms with Crippen LogP contribution in [0.4, 0.5) is 0 Å². The van der Waals surface area contributed by atoms with E-state index in [1.165, 1.54) is 21.9 Å². The molecule has 0 saturated carbocycles. The van der Waals surface area contributed by atoms with Gasteiger partial charge in [-0.25, -0.2) is 0 Å². The minimum Gasteiger partial charge on any atom is -0.308 e. The van der Waals surface area contributed by atoms with Crippen LogP contribution in [0.1, 0.15) is 58.2 Å². The smallest absolute Gasteiger partial charge is 0.101 e. The van der Waals surface area contributed by atoms with E-state index in [0.717, 1.165) is 27.8 Å². The highest BCUT2D eigenvalue weighted by atomic mass is 15.0. The van der Waals surface area contributed by atoms with Crippen LogP contribution in [-0.2, 0) is 10.8 Å². The topological polar surface area (TPSA) is 28.7 Å². The number of rotatable bonds is 2.